The number of rotatable bonds is 0. The van der Waals surface area contributed by atoms with Crippen molar-refractivity contribution in [2.45, 2.75) is 0 Å². The molecule has 0 fully saturated rings. The summed E-state index contributed by atoms with van der Waals surface area (Å²) in [4.78, 5) is 0. The first-order chi connectivity index (χ1) is 2.00. The van der Waals surface area contributed by atoms with Gasteiger partial charge in [-0.15, -0.1) is 106 Å². The van der Waals surface area contributed by atoms with Gasteiger partial charge in [-0.3, -0.25) is 0 Å². The normalized spacial score (nSPS) is 5.00. The Kier molecular flexibility index (Phi) is 136. The zero-order valence-electron chi connectivity index (χ0n) is 5.05. The molecule has 0 amide bonds. The second kappa shape index (κ2) is 29.5. The van der Waals surface area contributed by atoms with Crippen molar-refractivity contribution in [3.8, 4) is 0 Å². The van der Waals surface area contributed by atoms with Crippen LogP contribution in [-0.2, 0) is 47.9 Å². The van der Waals surface area contributed by atoms with E-state index in [1.807, 2.05) is 0 Å². The van der Waals surface area contributed by atoms with Crippen molar-refractivity contribution in [1.82, 2.24) is 0 Å². The van der Waals surface area contributed by atoms with E-state index in [2.05, 4.69) is 0 Å². The molecule has 0 heterocycles. The SMILES string of the molecule is Cl.Cl.Cl.Cl.Cl.Cl[Si](Cl)(Cl)Cl.[Ti].[Zr]. The molecule has 0 nitrogen and oxygen atoms in total. The van der Waals surface area contributed by atoms with E-state index in [-0.39, 0.29) is 110 Å². The first-order valence-electron chi connectivity index (χ1n) is 0.756. The van der Waals surface area contributed by atoms with E-state index in [9.17, 15) is 0 Å². The van der Waals surface area contributed by atoms with Crippen LogP contribution in [0.25, 0.3) is 0 Å². The maximum atomic E-state index is 4.97. The minimum Gasteiger partial charge on any atom is -0.147 e. The minimum absolute atomic E-state index is 0. The molecule has 0 rings (SSSR count). The molecule has 0 saturated heterocycles. The van der Waals surface area contributed by atoms with Gasteiger partial charge in [0.2, 0.25) is 0 Å². The Labute approximate surface area is 157 Å². The summed E-state index contributed by atoms with van der Waals surface area (Å²) in [6.45, 7) is 0. The van der Waals surface area contributed by atoms with Gasteiger partial charge in [0.05, 0.1) is 0 Å². The maximum Gasteiger partial charge on any atom is 0.440 e. The van der Waals surface area contributed by atoms with Gasteiger partial charge < -0.3 is 0 Å². The molecule has 0 aliphatic heterocycles. The van der Waals surface area contributed by atoms with Crippen molar-refractivity contribution in [2.24, 2.45) is 0 Å². The van der Waals surface area contributed by atoms with Crippen LogP contribution in [0.15, 0.2) is 0 Å². The van der Waals surface area contributed by atoms with Crippen LogP contribution in [0.3, 0.4) is 0 Å². The van der Waals surface area contributed by atoms with Crippen molar-refractivity contribution < 1.29 is 47.9 Å². The Balaban J connectivity index is -0.00000000381. The maximum absolute atomic E-state index is 4.97. The summed E-state index contributed by atoms with van der Waals surface area (Å²) in [7, 11) is 0. The van der Waals surface area contributed by atoms with Crippen LogP contribution in [0.4, 0.5) is 0 Å². The fourth-order valence-electron chi connectivity index (χ4n) is 0. The first kappa shape index (κ1) is 55.1. The van der Waals surface area contributed by atoms with E-state index in [4.69, 9.17) is 44.3 Å². The summed E-state index contributed by atoms with van der Waals surface area (Å²) < 4.78 is 0. The average molecular weight is 491 g/mol. The third-order valence-electron chi connectivity index (χ3n) is 0. The Morgan fingerprint density at radius 1 is 0.583 bits per heavy atom. The van der Waals surface area contributed by atoms with Crippen LogP contribution in [-0.4, -0.2) is 5.31 Å². The number of hydrogen-bond donors (Lipinski definition) is 0. The van der Waals surface area contributed by atoms with Gasteiger partial charge in [-0.25, -0.2) is 0 Å². The Bertz CT molecular complexity index is 30.0. The minimum atomic E-state index is -2.72. The molecular weight excluding hydrogens is 486 g/mol. The molecule has 0 bridgehead atoms. The molecular formula is H5Cl9SiTiZr. The molecule has 0 aromatic heterocycles. The molecule has 0 aromatic rings. The fourth-order valence-corrected chi connectivity index (χ4v) is 0. The van der Waals surface area contributed by atoms with E-state index >= 15 is 0 Å². The van der Waals surface area contributed by atoms with Crippen molar-refractivity contribution in [2.75, 3.05) is 0 Å². The zero-order chi connectivity index (χ0) is 4.50. The Hall–Kier alpha value is 4.42. The molecule has 0 spiro atoms. The van der Waals surface area contributed by atoms with Crippen molar-refractivity contribution in [3.63, 3.8) is 0 Å². The monoisotopic (exact) mass is 486 g/mol. The third kappa shape index (κ3) is 133. The summed E-state index contributed by atoms with van der Waals surface area (Å²) in [6, 6.07) is 0. The quantitative estimate of drug-likeness (QED) is 0.347. The largest absolute Gasteiger partial charge is 0.440 e. The van der Waals surface area contributed by atoms with Gasteiger partial charge in [0, 0.05) is 47.9 Å². The molecule has 0 aliphatic carbocycles. The third-order valence-corrected chi connectivity index (χ3v) is 0. The predicted molar refractivity (Wildman–Crippen MR) is 65.4 cm³/mol. The molecule has 0 unspecified atom stereocenters. The predicted octanol–water partition coefficient (Wildman–Crippen LogP) is 4.48. The molecule has 0 N–H and O–H groups in total. The average Bonchev–Trinajstić information content (AvgIpc) is 0.722. The fraction of sp³-hybridized carbons (Fsp3) is 0. The summed E-state index contributed by atoms with van der Waals surface area (Å²) in [5.41, 5.74) is 0. The van der Waals surface area contributed by atoms with Crippen molar-refractivity contribution >= 4 is 112 Å². The van der Waals surface area contributed by atoms with E-state index < -0.39 is 5.31 Å². The topological polar surface area (TPSA) is 0 Å². The van der Waals surface area contributed by atoms with Crippen LogP contribution < -0.4 is 0 Å². The van der Waals surface area contributed by atoms with E-state index in [1.165, 1.54) is 0 Å². The molecule has 0 saturated carbocycles. The standard InChI is InChI=1S/Cl4Si.5ClH.Ti.Zr/c1-5(2,3)4;;;;;;;/h;5*1H;;. The van der Waals surface area contributed by atoms with Crippen LogP contribution in [0, 0.1) is 0 Å². The summed E-state index contributed by atoms with van der Waals surface area (Å²) in [5, 5.41) is -2.72. The van der Waals surface area contributed by atoms with E-state index in [1.54, 1.807) is 0 Å². The first-order valence-corrected chi connectivity index (χ1v) is 6.80. The molecule has 12 heteroatoms. The Morgan fingerprint density at radius 2 is 0.583 bits per heavy atom. The molecule has 0 aromatic carbocycles. The molecule has 0 atom stereocenters. The summed E-state index contributed by atoms with van der Waals surface area (Å²) >= 11 is 19.9. The summed E-state index contributed by atoms with van der Waals surface area (Å²) in [5.74, 6) is 0. The van der Waals surface area contributed by atoms with Crippen LogP contribution in [0.2, 0.25) is 0 Å². The van der Waals surface area contributed by atoms with E-state index in [0.717, 1.165) is 0 Å². The number of hydrogen-bond acceptors (Lipinski definition) is 0. The van der Waals surface area contributed by atoms with Gasteiger partial charge in [0.15, 0.2) is 0 Å². The number of halogens is 9. The van der Waals surface area contributed by atoms with Gasteiger partial charge in [0.1, 0.15) is 0 Å². The molecule has 12 heavy (non-hydrogen) atoms. The van der Waals surface area contributed by atoms with Crippen LogP contribution in [0.1, 0.15) is 0 Å². The van der Waals surface area contributed by atoms with Crippen LogP contribution >= 0.6 is 106 Å². The molecule has 0 radical (unpaired) electrons. The van der Waals surface area contributed by atoms with Gasteiger partial charge in [-0.05, 0) is 0 Å². The van der Waals surface area contributed by atoms with Gasteiger partial charge in [-0.1, -0.05) is 0 Å². The molecule has 0 aliphatic rings. The smallest absolute Gasteiger partial charge is 0.147 e. The van der Waals surface area contributed by atoms with Crippen molar-refractivity contribution in [3.05, 3.63) is 0 Å². The van der Waals surface area contributed by atoms with Gasteiger partial charge in [0.25, 0.3) is 0 Å². The molecule has 80 valence electrons. The van der Waals surface area contributed by atoms with Crippen LogP contribution in [0.5, 0.6) is 0 Å². The van der Waals surface area contributed by atoms with Gasteiger partial charge in [-0.2, -0.15) is 0 Å². The summed E-state index contributed by atoms with van der Waals surface area (Å²) in [6.07, 6.45) is 0. The van der Waals surface area contributed by atoms with Gasteiger partial charge >= 0.3 is 5.31 Å². The second-order valence-corrected chi connectivity index (χ2v) is 11.6. The zero-order valence-corrected chi connectivity index (χ0v) is 17.2. The van der Waals surface area contributed by atoms with Crippen molar-refractivity contribution in [1.29, 1.82) is 0 Å². The van der Waals surface area contributed by atoms with E-state index in [0.29, 0.717) is 0 Å². The Morgan fingerprint density at radius 3 is 0.583 bits per heavy atom. The second-order valence-electron chi connectivity index (χ2n) is 0.429.